The third kappa shape index (κ3) is 2.81. The van der Waals surface area contributed by atoms with Gasteiger partial charge < -0.3 is 14.9 Å². The van der Waals surface area contributed by atoms with Gasteiger partial charge in [-0.25, -0.2) is 0 Å². The summed E-state index contributed by atoms with van der Waals surface area (Å²) in [5.74, 6) is 0.589. The van der Waals surface area contributed by atoms with Crippen LogP contribution < -0.4 is 4.74 Å². The molecule has 0 spiro atoms. The van der Waals surface area contributed by atoms with Crippen LogP contribution in [0.15, 0.2) is 48.5 Å². The highest BCUT2D eigenvalue weighted by atomic mass is 16.5. The summed E-state index contributed by atoms with van der Waals surface area (Å²) in [4.78, 5) is 0. The van der Waals surface area contributed by atoms with Gasteiger partial charge in [0.05, 0.1) is 6.61 Å². The molecule has 2 aromatic carbocycles. The number of aliphatic hydroxyl groups is 1. The molecule has 0 amide bonds. The zero-order chi connectivity index (χ0) is 12.8. The molecular formula is C15H16O3. The molecule has 0 unspecified atom stereocenters. The van der Waals surface area contributed by atoms with Crippen molar-refractivity contribution in [1.82, 2.24) is 0 Å². The molecule has 0 aliphatic rings. The summed E-state index contributed by atoms with van der Waals surface area (Å²) < 4.78 is 5.55. The fraction of sp³-hybridized carbons (Fsp3) is 0.200. The SMILES string of the molecule is OCCCOc1c(O)cccc1-c1ccccc1. The van der Waals surface area contributed by atoms with Crippen LogP contribution in [0.3, 0.4) is 0 Å². The number of benzene rings is 2. The Morgan fingerprint density at radius 2 is 1.72 bits per heavy atom. The predicted molar refractivity (Wildman–Crippen MR) is 70.7 cm³/mol. The molecule has 0 saturated carbocycles. The molecule has 94 valence electrons. The van der Waals surface area contributed by atoms with Gasteiger partial charge in [-0.3, -0.25) is 0 Å². The number of aliphatic hydroxyl groups excluding tert-OH is 1. The van der Waals surface area contributed by atoms with Crippen molar-refractivity contribution in [2.45, 2.75) is 6.42 Å². The molecule has 0 bridgehead atoms. The normalized spacial score (nSPS) is 10.3. The standard InChI is InChI=1S/C15H16O3/c16-10-5-11-18-15-13(8-4-9-14(15)17)12-6-2-1-3-7-12/h1-4,6-9,16-17H,5,10-11H2. The first-order chi connectivity index (χ1) is 8.83. The van der Waals surface area contributed by atoms with E-state index in [2.05, 4.69) is 0 Å². The van der Waals surface area contributed by atoms with Crippen molar-refractivity contribution in [3.63, 3.8) is 0 Å². The van der Waals surface area contributed by atoms with E-state index in [0.717, 1.165) is 11.1 Å². The van der Waals surface area contributed by atoms with Crippen LogP contribution >= 0.6 is 0 Å². The first kappa shape index (κ1) is 12.5. The van der Waals surface area contributed by atoms with Crippen LogP contribution in [0.4, 0.5) is 0 Å². The molecule has 0 radical (unpaired) electrons. The molecule has 0 aromatic heterocycles. The third-order valence-electron chi connectivity index (χ3n) is 2.63. The van der Waals surface area contributed by atoms with E-state index in [1.807, 2.05) is 36.4 Å². The summed E-state index contributed by atoms with van der Waals surface area (Å²) in [5, 5.41) is 18.6. The Labute approximate surface area is 106 Å². The smallest absolute Gasteiger partial charge is 0.168 e. The zero-order valence-electron chi connectivity index (χ0n) is 10.0. The summed E-state index contributed by atoms with van der Waals surface area (Å²) in [6.07, 6.45) is 0.544. The average molecular weight is 244 g/mol. The maximum atomic E-state index is 9.86. The van der Waals surface area contributed by atoms with Crippen LogP contribution in [-0.4, -0.2) is 23.4 Å². The zero-order valence-corrected chi connectivity index (χ0v) is 10.0. The quantitative estimate of drug-likeness (QED) is 0.795. The lowest BCUT2D eigenvalue weighted by Crippen LogP contribution is -2.01. The second-order valence-electron chi connectivity index (χ2n) is 3.95. The van der Waals surface area contributed by atoms with E-state index in [-0.39, 0.29) is 12.4 Å². The lowest BCUT2D eigenvalue weighted by molar-refractivity contribution is 0.229. The monoisotopic (exact) mass is 244 g/mol. The van der Waals surface area contributed by atoms with Gasteiger partial charge in [0.15, 0.2) is 11.5 Å². The van der Waals surface area contributed by atoms with E-state index >= 15 is 0 Å². The Hall–Kier alpha value is -2.00. The van der Waals surface area contributed by atoms with Crippen LogP contribution in [0.2, 0.25) is 0 Å². The maximum absolute atomic E-state index is 9.86. The first-order valence-electron chi connectivity index (χ1n) is 5.94. The number of hydrogen-bond donors (Lipinski definition) is 2. The summed E-state index contributed by atoms with van der Waals surface area (Å²) in [6, 6.07) is 15.0. The van der Waals surface area contributed by atoms with Crippen molar-refractivity contribution >= 4 is 0 Å². The van der Waals surface area contributed by atoms with E-state index in [9.17, 15) is 5.11 Å². The maximum Gasteiger partial charge on any atom is 0.168 e. The van der Waals surface area contributed by atoms with Crippen molar-refractivity contribution in [3.8, 4) is 22.6 Å². The minimum Gasteiger partial charge on any atom is -0.504 e. The third-order valence-corrected chi connectivity index (χ3v) is 2.63. The molecule has 0 aliphatic heterocycles. The largest absolute Gasteiger partial charge is 0.504 e. The summed E-state index contributed by atoms with van der Waals surface area (Å²) >= 11 is 0. The number of phenols is 1. The van der Waals surface area contributed by atoms with E-state index in [1.165, 1.54) is 0 Å². The Bertz CT molecular complexity index is 494. The Morgan fingerprint density at radius 1 is 0.944 bits per heavy atom. The number of hydrogen-bond acceptors (Lipinski definition) is 3. The molecule has 2 aromatic rings. The van der Waals surface area contributed by atoms with Crippen LogP contribution in [0.25, 0.3) is 11.1 Å². The molecule has 3 heteroatoms. The Morgan fingerprint density at radius 3 is 2.44 bits per heavy atom. The van der Waals surface area contributed by atoms with Crippen molar-refractivity contribution in [1.29, 1.82) is 0 Å². The molecule has 0 atom stereocenters. The van der Waals surface area contributed by atoms with Crippen LogP contribution in [0.5, 0.6) is 11.5 Å². The van der Waals surface area contributed by atoms with E-state index < -0.39 is 0 Å². The number of phenolic OH excluding ortho intramolecular Hbond substituents is 1. The fourth-order valence-corrected chi connectivity index (χ4v) is 1.76. The molecule has 2 N–H and O–H groups in total. The average Bonchev–Trinajstić information content (AvgIpc) is 2.42. The Balaban J connectivity index is 2.32. The number of para-hydroxylation sites is 1. The summed E-state index contributed by atoms with van der Waals surface area (Å²) in [6.45, 7) is 0.460. The molecule has 18 heavy (non-hydrogen) atoms. The van der Waals surface area contributed by atoms with E-state index in [1.54, 1.807) is 12.1 Å². The van der Waals surface area contributed by atoms with Crippen molar-refractivity contribution < 1.29 is 14.9 Å². The van der Waals surface area contributed by atoms with Gasteiger partial charge in [0.25, 0.3) is 0 Å². The van der Waals surface area contributed by atoms with Crippen LogP contribution in [0, 0.1) is 0 Å². The van der Waals surface area contributed by atoms with Gasteiger partial charge in [0.1, 0.15) is 0 Å². The number of aromatic hydroxyl groups is 1. The van der Waals surface area contributed by atoms with Gasteiger partial charge in [-0.15, -0.1) is 0 Å². The van der Waals surface area contributed by atoms with Crippen molar-refractivity contribution in [3.05, 3.63) is 48.5 Å². The molecule has 2 rings (SSSR count). The molecule has 0 heterocycles. The molecule has 0 aliphatic carbocycles. The molecule has 0 saturated heterocycles. The van der Waals surface area contributed by atoms with Gasteiger partial charge in [-0.2, -0.15) is 0 Å². The lowest BCUT2D eigenvalue weighted by atomic mass is 10.0. The highest BCUT2D eigenvalue weighted by molar-refractivity contribution is 5.73. The highest BCUT2D eigenvalue weighted by Gasteiger charge is 2.10. The minimum atomic E-state index is 0.0776. The fourth-order valence-electron chi connectivity index (χ4n) is 1.76. The van der Waals surface area contributed by atoms with E-state index in [0.29, 0.717) is 18.8 Å². The molecular weight excluding hydrogens is 228 g/mol. The van der Waals surface area contributed by atoms with Gasteiger partial charge in [0.2, 0.25) is 0 Å². The highest BCUT2D eigenvalue weighted by Crippen LogP contribution is 2.37. The number of rotatable bonds is 5. The Kier molecular flexibility index (Phi) is 4.20. The van der Waals surface area contributed by atoms with Gasteiger partial charge in [-0.05, 0) is 11.6 Å². The van der Waals surface area contributed by atoms with E-state index in [4.69, 9.17) is 9.84 Å². The van der Waals surface area contributed by atoms with Crippen molar-refractivity contribution in [2.24, 2.45) is 0 Å². The van der Waals surface area contributed by atoms with Crippen LogP contribution in [-0.2, 0) is 0 Å². The number of ether oxygens (including phenoxy) is 1. The van der Waals surface area contributed by atoms with Gasteiger partial charge in [0, 0.05) is 18.6 Å². The van der Waals surface area contributed by atoms with Crippen LogP contribution in [0.1, 0.15) is 6.42 Å². The summed E-state index contributed by atoms with van der Waals surface area (Å²) in [5.41, 5.74) is 1.85. The lowest BCUT2D eigenvalue weighted by Gasteiger charge is -2.12. The van der Waals surface area contributed by atoms with Gasteiger partial charge >= 0.3 is 0 Å². The van der Waals surface area contributed by atoms with Gasteiger partial charge in [-0.1, -0.05) is 42.5 Å². The second kappa shape index (κ2) is 6.07. The predicted octanol–water partition coefficient (Wildman–Crippen LogP) is 2.82. The summed E-state index contributed by atoms with van der Waals surface area (Å²) in [7, 11) is 0. The molecule has 3 nitrogen and oxygen atoms in total. The first-order valence-corrected chi connectivity index (χ1v) is 5.94. The minimum absolute atomic E-state index is 0.0776. The van der Waals surface area contributed by atoms with Crippen molar-refractivity contribution in [2.75, 3.05) is 13.2 Å². The topological polar surface area (TPSA) is 49.7 Å². The second-order valence-corrected chi connectivity index (χ2v) is 3.95. The molecule has 0 fully saturated rings.